The average Bonchev–Trinajstić information content (AvgIpc) is 3.30. The van der Waals surface area contributed by atoms with E-state index in [-0.39, 0.29) is 11.6 Å². The van der Waals surface area contributed by atoms with Gasteiger partial charge in [0, 0.05) is 29.0 Å². The molecule has 190 valence electrons. The molecule has 3 aromatic rings. The standard InChI is InChI=1S/C25H20F6N2O2S/c1-36-12-11-32-22(34)20-10-9-19(17-7-2-3-8-18(17)20)21-14-23(35-33-21,25(29,30)31)15-5-4-6-16(13-15)24(26,27)28/h2-10,13-14,33H,11-12H2,1H3,(H,32,34). The van der Waals surface area contributed by atoms with Crippen LogP contribution in [0.4, 0.5) is 26.3 Å². The van der Waals surface area contributed by atoms with Crippen molar-refractivity contribution >= 4 is 34.1 Å². The number of hydrogen-bond donors (Lipinski definition) is 2. The summed E-state index contributed by atoms with van der Waals surface area (Å²) >= 11 is 1.57. The zero-order valence-corrected chi connectivity index (χ0v) is 19.6. The highest BCUT2D eigenvalue weighted by Gasteiger charge is 2.60. The number of hydrogen-bond acceptors (Lipinski definition) is 4. The van der Waals surface area contributed by atoms with Gasteiger partial charge in [-0.1, -0.05) is 42.5 Å². The van der Waals surface area contributed by atoms with Gasteiger partial charge < -0.3 is 5.32 Å². The van der Waals surface area contributed by atoms with Gasteiger partial charge in [0.25, 0.3) is 5.91 Å². The van der Waals surface area contributed by atoms with Crippen LogP contribution < -0.4 is 10.8 Å². The zero-order valence-electron chi connectivity index (χ0n) is 18.8. The molecule has 0 saturated carbocycles. The van der Waals surface area contributed by atoms with E-state index in [1.165, 1.54) is 12.1 Å². The second-order valence-corrected chi connectivity index (χ2v) is 9.01. The van der Waals surface area contributed by atoms with Crippen LogP contribution >= 0.6 is 11.8 Å². The van der Waals surface area contributed by atoms with Crippen molar-refractivity contribution in [1.82, 2.24) is 10.8 Å². The van der Waals surface area contributed by atoms with E-state index in [2.05, 4.69) is 10.8 Å². The van der Waals surface area contributed by atoms with Crippen LogP contribution in [0, 0.1) is 0 Å². The molecule has 2 N–H and O–H groups in total. The smallest absolute Gasteiger partial charge is 0.351 e. The Morgan fingerprint density at radius 2 is 1.72 bits per heavy atom. The van der Waals surface area contributed by atoms with Gasteiger partial charge in [-0.3, -0.25) is 15.1 Å². The summed E-state index contributed by atoms with van der Waals surface area (Å²) in [6.07, 6.45) is -7.29. The molecule has 0 fully saturated rings. The van der Waals surface area contributed by atoms with E-state index in [4.69, 9.17) is 4.84 Å². The van der Waals surface area contributed by atoms with E-state index in [9.17, 15) is 31.1 Å². The monoisotopic (exact) mass is 526 g/mol. The summed E-state index contributed by atoms with van der Waals surface area (Å²) in [5.74, 6) is 0.385. The molecule has 4 nitrogen and oxygen atoms in total. The number of fused-ring (bicyclic) bond motifs is 1. The molecule has 0 aromatic heterocycles. The Morgan fingerprint density at radius 3 is 2.39 bits per heavy atom. The molecule has 1 amide bonds. The maximum absolute atomic E-state index is 14.3. The van der Waals surface area contributed by atoms with Crippen LogP contribution in [0.15, 0.2) is 66.7 Å². The first-order valence-electron chi connectivity index (χ1n) is 10.7. The molecule has 1 aliphatic heterocycles. The highest BCUT2D eigenvalue weighted by Crippen LogP contribution is 2.48. The highest BCUT2D eigenvalue weighted by molar-refractivity contribution is 7.98. The van der Waals surface area contributed by atoms with Gasteiger partial charge in [-0.05, 0) is 41.3 Å². The van der Waals surface area contributed by atoms with Gasteiger partial charge in [-0.25, -0.2) is 0 Å². The van der Waals surface area contributed by atoms with Crippen LogP contribution in [-0.2, 0) is 16.6 Å². The Kier molecular flexibility index (Phi) is 6.98. The van der Waals surface area contributed by atoms with E-state index >= 15 is 0 Å². The summed E-state index contributed by atoms with van der Waals surface area (Å²) in [5.41, 5.74) is -2.28. The minimum Gasteiger partial charge on any atom is -0.351 e. The number of benzene rings is 3. The first-order valence-corrected chi connectivity index (χ1v) is 12.1. The third kappa shape index (κ3) is 4.77. The molecule has 36 heavy (non-hydrogen) atoms. The Bertz CT molecular complexity index is 1320. The lowest BCUT2D eigenvalue weighted by molar-refractivity contribution is -0.269. The number of carbonyl (C=O) groups is 1. The maximum atomic E-state index is 14.3. The molecule has 4 rings (SSSR count). The van der Waals surface area contributed by atoms with Gasteiger partial charge in [0.05, 0.1) is 11.3 Å². The number of thioether (sulfide) groups is 1. The molecule has 0 spiro atoms. The van der Waals surface area contributed by atoms with Crippen molar-refractivity contribution in [3.63, 3.8) is 0 Å². The average molecular weight is 527 g/mol. The van der Waals surface area contributed by atoms with Crippen LogP contribution in [0.5, 0.6) is 0 Å². The van der Waals surface area contributed by atoms with Crippen molar-refractivity contribution in [2.45, 2.75) is 18.0 Å². The van der Waals surface area contributed by atoms with Gasteiger partial charge in [0.15, 0.2) is 0 Å². The van der Waals surface area contributed by atoms with Crippen LogP contribution in [-0.4, -0.2) is 30.6 Å². The van der Waals surface area contributed by atoms with E-state index in [1.807, 2.05) is 6.26 Å². The molecule has 1 heterocycles. The van der Waals surface area contributed by atoms with Crippen LogP contribution in [0.3, 0.4) is 0 Å². The second-order valence-electron chi connectivity index (χ2n) is 8.03. The summed E-state index contributed by atoms with van der Waals surface area (Å²) in [6, 6.07) is 12.6. The summed E-state index contributed by atoms with van der Waals surface area (Å²) in [5, 5.41) is 3.77. The minimum absolute atomic E-state index is 0.0877. The van der Waals surface area contributed by atoms with Crippen molar-refractivity contribution in [2.75, 3.05) is 18.6 Å². The van der Waals surface area contributed by atoms with Crippen molar-refractivity contribution in [1.29, 1.82) is 0 Å². The predicted molar refractivity (Wildman–Crippen MR) is 126 cm³/mol. The minimum atomic E-state index is -5.08. The lowest BCUT2D eigenvalue weighted by Crippen LogP contribution is -2.42. The number of halogens is 6. The first-order chi connectivity index (χ1) is 17.0. The summed E-state index contributed by atoms with van der Waals surface area (Å²) in [4.78, 5) is 17.7. The SMILES string of the molecule is CSCCNC(=O)c1ccc(C2=CC(c3cccc(C(F)(F)F)c3)(C(F)(F)F)ON2)c2ccccc12. The first kappa shape index (κ1) is 25.9. The fourth-order valence-corrected chi connectivity index (χ4v) is 4.30. The molecule has 1 aliphatic rings. The van der Waals surface area contributed by atoms with Gasteiger partial charge in [0.2, 0.25) is 5.60 Å². The molecule has 1 unspecified atom stereocenters. The van der Waals surface area contributed by atoms with Crippen molar-refractivity contribution in [3.8, 4) is 0 Å². The predicted octanol–water partition coefficient (Wildman–Crippen LogP) is 6.28. The molecule has 0 aliphatic carbocycles. The number of amides is 1. The fourth-order valence-electron chi connectivity index (χ4n) is 4.00. The topological polar surface area (TPSA) is 50.4 Å². The Hall–Kier alpha value is -3.18. The molecule has 0 saturated heterocycles. The van der Waals surface area contributed by atoms with Crippen LogP contribution in [0.2, 0.25) is 0 Å². The van der Waals surface area contributed by atoms with Gasteiger partial charge in [0.1, 0.15) is 0 Å². The molecule has 11 heteroatoms. The maximum Gasteiger partial charge on any atom is 0.428 e. The van der Waals surface area contributed by atoms with E-state index in [0.717, 1.165) is 18.2 Å². The number of alkyl halides is 6. The second kappa shape index (κ2) is 9.70. The van der Waals surface area contributed by atoms with Crippen molar-refractivity contribution < 1.29 is 36.0 Å². The fraction of sp³-hybridized carbons (Fsp3) is 0.240. The Morgan fingerprint density at radius 1 is 1.00 bits per heavy atom. The Labute approximate surface area is 206 Å². The quantitative estimate of drug-likeness (QED) is 0.293. The number of rotatable bonds is 6. The van der Waals surface area contributed by atoms with Crippen LogP contribution in [0.1, 0.15) is 27.0 Å². The van der Waals surface area contributed by atoms with Crippen LogP contribution in [0.25, 0.3) is 16.5 Å². The van der Waals surface area contributed by atoms with E-state index < -0.39 is 29.1 Å². The van der Waals surface area contributed by atoms with Gasteiger partial charge >= 0.3 is 12.4 Å². The molecule has 0 radical (unpaired) electrons. The summed E-state index contributed by atoms with van der Waals surface area (Å²) in [6.45, 7) is 0.446. The van der Waals surface area contributed by atoms with Gasteiger partial charge in [-0.2, -0.15) is 38.1 Å². The van der Waals surface area contributed by atoms with E-state index in [0.29, 0.717) is 46.3 Å². The van der Waals surface area contributed by atoms with Crippen molar-refractivity contribution in [2.24, 2.45) is 0 Å². The third-order valence-electron chi connectivity index (χ3n) is 5.76. The zero-order chi connectivity index (χ0) is 26.1. The number of hydroxylamine groups is 1. The lowest BCUT2D eigenvalue weighted by atomic mass is 9.89. The summed E-state index contributed by atoms with van der Waals surface area (Å²) in [7, 11) is 0. The third-order valence-corrected chi connectivity index (χ3v) is 6.37. The Balaban J connectivity index is 1.81. The number of nitrogens with one attached hydrogen (secondary N) is 2. The molecular weight excluding hydrogens is 506 g/mol. The largest absolute Gasteiger partial charge is 0.428 e. The van der Waals surface area contributed by atoms with Gasteiger partial charge in [-0.15, -0.1) is 0 Å². The van der Waals surface area contributed by atoms with E-state index in [1.54, 1.807) is 36.0 Å². The molecular formula is C25H20F6N2O2S. The molecule has 0 bridgehead atoms. The van der Waals surface area contributed by atoms with Crippen molar-refractivity contribution in [3.05, 3.63) is 89.0 Å². The summed E-state index contributed by atoms with van der Waals surface area (Å²) < 4.78 is 82.5. The molecule has 1 atom stereocenters. The number of carbonyl (C=O) groups excluding carboxylic acids is 1. The highest BCUT2D eigenvalue weighted by atomic mass is 32.2. The lowest BCUT2D eigenvalue weighted by Gasteiger charge is -2.29. The normalized spacial score (nSPS) is 18.1. The molecule has 3 aromatic carbocycles.